The van der Waals surface area contributed by atoms with Gasteiger partial charge in [-0.2, -0.15) is 5.26 Å². The Morgan fingerprint density at radius 2 is 2.35 bits per heavy atom. The van der Waals surface area contributed by atoms with Crippen LogP contribution in [0, 0.1) is 21.4 Å². The number of nitrogens with zero attached hydrogens (tertiary/aromatic N) is 3. The molecule has 1 fully saturated rings. The van der Waals surface area contributed by atoms with Crippen LogP contribution in [0.2, 0.25) is 0 Å². The molecule has 8 nitrogen and oxygen atoms in total. The van der Waals surface area contributed by atoms with Crippen LogP contribution in [0.3, 0.4) is 0 Å². The smallest absolute Gasteiger partial charge is 0.327 e. The van der Waals surface area contributed by atoms with Crippen LogP contribution in [-0.2, 0) is 4.79 Å². The van der Waals surface area contributed by atoms with Crippen LogP contribution in [0.1, 0.15) is 5.56 Å². The number of hydrogen-bond acceptors (Lipinski definition) is 6. The number of hydrogen-bond donors (Lipinski definition) is 2. The molecule has 0 radical (unpaired) electrons. The number of nitro benzene ring substituents is 1. The summed E-state index contributed by atoms with van der Waals surface area (Å²) in [5.74, 6) is -1.06. The molecule has 1 aliphatic rings. The van der Waals surface area contributed by atoms with E-state index in [1.165, 1.54) is 23.1 Å². The van der Waals surface area contributed by atoms with Gasteiger partial charge in [0, 0.05) is 25.7 Å². The first-order chi connectivity index (χ1) is 9.54. The monoisotopic (exact) mass is 276 g/mol. The van der Waals surface area contributed by atoms with E-state index in [0.29, 0.717) is 13.1 Å². The molecule has 1 atom stereocenters. The van der Waals surface area contributed by atoms with Crippen molar-refractivity contribution < 1.29 is 14.8 Å². The van der Waals surface area contributed by atoms with Crippen molar-refractivity contribution in [2.24, 2.45) is 0 Å². The minimum atomic E-state index is -1.06. The lowest BCUT2D eigenvalue weighted by Crippen LogP contribution is -2.55. The first kappa shape index (κ1) is 13.8. The van der Waals surface area contributed by atoms with Gasteiger partial charge in [0.1, 0.15) is 11.7 Å². The van der Waals surface area contributed by atoms with E-state index in [4.69, 9.17) is 5.26 Å². The highest BCUT2D eigenvalue weighted by atomic mass is 16.6. The standard InChI is InChI=1S/C12H12N4O4/c13-6-8-1-2-9(16(19)20)10(5-8)15-4-3-14-7-11(15)12(17)18/h1-2,5,11,14H,3-4,7H2,(H,17,18). The zero-order valence-electron chi connectivity index (χ0n) is 10.4. The number of benzene rings is 1. The highest BCUT2D eigenvalue weighted by Crippen LogP contribution is 2.31. The number of piperazine rings is 1. The number of nitro groups is 1. The molecule has 104 valence electrons. The summed E-state index contributed by atoms with van der Waals surface area (Å²) in [5, 5.41) is 32.1. The first-order valence-electron chi connectivity index (χ1n) is 5.93. The topological polar surface area (TPSA) is 119 Å². The summed E-state index contributed by atoms with van der Waals surface area (Å²) in [6.45, 7) is 1.05. The van der Waals surface area contributed by atoms with Gasteiger partial charge in [-0.05, 0) is 12.1 Å². The van der Waals surface area contributed by atoms with E-state index in [0.717, 1.165) is 0 Å². The maximum atomic E-state index is 11.3. The van der Waals surface area contributed by atoms with Crippen LogP contribution >= 0.6 is 0 Å². The molecule has 0 saturated carbocycles. The third kappa shape index (κ3) is 2.53. The van der Waals surface area contributed by atoms with E-state index in [-0.39, 0.29) is 23.5 Å². The number of nitrogens with one attached hydrogen (secondary N) is 1. The van der Waals surface area contributed by atoms with Gasteiger partial charge in [0.15, 0.2) is 0 Å². The summed E-state index contributed by atoms with van der Waals surface area (Å²) in [5.41, 5.74) is 0.230. The number of carbonyl (C=O) groups is 1. The van der Waals surface area contributed by atoms with Gasteiger partial charge in [-0.15, -0.1) is 0 Å². The number of nitriles is 1. The molecule has 1 aromatic rings. The quantitative estimate of drug-likeness (QED) is 0.603. The Kier molecular flexibility index (Phi) is 3.81. The van der Waals surface area contributed by atoms with Crippen molar-refractivity contribution >= 4 is 17.3 Å². The van der Waals surface area contributed by atoms with E-state index in [1.807, 2.05) is 6.07 Å². The van der Waals surface area contributed by atoms with Crippen molar-refractivity contribution in [1.82, 2.24) is 5.32 Å². The molecule has 0 amide bonds. The summed E-state index contributed by atoms with van der Waals surface area (Å²) < 4.78 is 0. The van der Waals surface area contributed by atoms with Gasteiger partial charge in [0.25, 0.3) is 5.69 Å². The Morgan fingerprint density at radius 3 is 2.95 bits per heavy atom. The molecule has 1 saturated heterocycles. The van der Waals surface area contributed by atoms with Crippen molar-refractivity contribution in [2.45, 2.75) is 6.04 Å². The number of carboxylic acid groups (broad SMARTS) is 1. The predicted molar refractivity (Wildman–Crippen MR) is 69.5 cm³/mol. The Hall–Kier alpha value is -2.66. The maximum Gasteiger partial charge on any atom is 0.327 e. The molecule has 2 rings (SSSR count). The zero-order chi connectivity index (χ0) is 14.7. The number of anilines is 1. The molecular formula is C12H12N4O4. The number of aliphatic carboxylic acids is 1. The van der Waals surface area contributed by atoms with Crippen LogP contribution in [0.25, 0.3) is 0 Å². The maximum absolute atomic E-state index is 11.3. The summed E-state index contributed by atoms with van der Waals surface area (Å²) in [6.07, 6.45) is 0. The van der Waals surface area contributed by atoms with E-state index in [2.05, 4.69) is 5.32 Å². The third-order valence-electron chi connectivity index (χ3n) is 3.14. The average Bonchev–Trinajstić information content (AvgIpc) is 2.46. The Labute approximate surface area is 114 Å². The van der Waals surface area contributed by atoms with Gasteiger partial charge in [0.2, 0.25) is 0 Å². The molecule has 1 unspecified atom stereocenters. The van der Waals surface area contributed by atoms with E-state index in [9.17, 15) is 20.0 Å². The predicted octanol–water partition coefficient (Wildman–Crippen LogP) is 0.329. The fourth-order valence-corrected chi connectivity index (χ4v) is 2.19. The lowest BCUT2D eigenvalue weighted by Gasteiger charge is -2.34. The van der Waals surface area contributed by atoms with Crippen molar-refractivity contribution in [1.29, 1.82) is 5.26 Å². The SMILES string of the molecule is N#Cc1ccc([N+](=O)[O-])c(N2CCNCC2C(=O)O)c1. The highest BCUT2D eigenvalue weighted by molar-refractivity contribution is 5.81. The molecule has 1 aliphatic heterocycles. The van der Waals surface area contributed by atoms with Gasteiger partial charge in [-0.25, -0.2) is 4.79 Å². The van der Waals surface area contributed by atoms with Gasteiger partial charge in [-0.3, -0.25) is 10.1 Å². The largest absolute Gasteiger partial charge is 0.480 e. The van der Waals surface area contributed by atoms with Crippen LogP contribution < -0.4 is 10.2 Å². The summed E-state index contributed by atoms with van der Waals surface area (Å²) in [7, 11) is 0. The molecule has 0 aromatic heterocycles. The Balaban J connectivity index is 2.50. The second kappa shape index (κ2) is 5.54. The minimum absolute atomic E-state index is 0.169. The molecular weight excluding hydrogens is 264 g/mol. The Bertz CT molecular complexity index is 596. The lowest BCUT2D eigenvalue weighted by molar-refractivity contribution is -0.384. The van der Waals surface area contributed by atoms with Crippen LogP contribution in [0.15, 0.2) is 18.2 Å². The summed E-state index contributed by atoms with van der Waals surface area (Å²) in [6, 6.07) is 4.95. The van der Waals surface area contributed by atoms with Crippen molar-refractivity contribution in [3.8, 4) is 6.07 Å². The zero-order valence-corrected chi connectivity index (χ0v) is 10.4. The van der Waals surface area contributed by atoms with Gasteiger partial charge >= 0.3 is 5.97 Å². The molecule has 0 aliphatic carbocycles. The molecule has 1 heterocycles. The van der Waals surface area contributed by atoms with E-state index in [1.54, 1.807) is 0 Å². The second-order valence-corrected chi connectivity index (χ2v) is 4.32. The van der Waals surface area contributed by atoms with E-state index < -0.39 is 16.9 Å². The lowest BCUT2D eigenvalue weighted by atomic mass is 10.1. The van der Waals surface area contributed by atoms with Gasteiger partial charge in [0.05, 0.1) is 16.6 Å². The molecule has 0 spiro atoms. The molecule has 0 bridgehead atoms. The molecule has 8 heteroatoms. The number of rotatable bonds is 3. The summed E-state index contributed by atoms with van der Waals surface area (Å²) >= 11 is 0. The second-order valence-electron chi connectivity index (χ2n) is 4.32. The molecule has 1 aromatic carbocycles. The fraction of sp³-hybridized carbons (Fsp3) is 0.333. The van der Waals surface area contributed by atoms with Crippen molar-refractivity contribution in [2.75, 3.05) is 24.5 Å². The normalized spacial score (nSPS) is 18.4. The van der Waals surface area contributed by atoms with Gasteiger partial charge in [-0.1, -0.05) is 0 Å². The van der Waals surface area contributed by atoms with E-state index >= 15 is 0 Å². The average molecular weight is 276 g/mol. The number of carboxylic acids is 1. The Morgan fingerprint density at radius 1 is 1.60 bits per heavy atom. The van der Waals surface area contributed by atoms with Crippen LogP contribution in [0.5, 0.6) is 0 Å². The summed E-state index contributed by atoms with van der Waals surface area (Å²) in [4.78, 5) is 23.2. The highest BCUT2D eigenvalue weighted by Gasteiger charge is 2.32. The fourth-order valence-electron chi connectivity index (χ4n) is 2.19. The minimum Gasteiger partial charge on any atom is -0.480 e. The van der Waals surface area contributed by atoms with Crippen LogP contribution in [-0.4, -0.2) is 41.7 Å². The van der Waals surface area contributed by atoms with Gasteiger partial charge < -0.3 is 15.3 Å². The first-order valence-corrected chi connectivity index (χ1v) is 5.93. The third-order valence-corrected chi connectivity index (χ3v) is 3.14. The molecule has 20 heavy (non-hydrogen) atoms. The van der Waals surface area contributed by atoms with Crippen molar-refractivity contribution in [3.05, 3.63) is 33.9 Å². The van der Waals surface area contributed by atoms with Crippen LogP contribution in [0.4, 0.5) is 11.4 Å². The molecule has 2 N–H and O–H groups in total. The van der Waals surface area contributed by atoms with Crippen molar-refractivity contribution in [3.63, 3.8) is 0 Å².